The quantitative estimate of drug-likeness (QED) is 0.858. The van der Waals surface area contributed by atoms with Gasteiger partial charge in [0.25, 0.3) is 5.56 Å². The van der Waals surface area contributed by atoms with Crippen molar-refractivity contribution in [3.05, 3.63) is 58.0 Å². The first-order valence-electron chi connectivity index (χ1n) is 8.41. The number of aromatic nitrogens is 2. The molecule has 0 radical (unpaired) electrons. The molecule has 1 amide bonds. The van der Waals surface area contributed by atoms with Gasteiger partial charge in [-0.1, -0.05) is 62.9 Å². The normalized spacial score (nSPS) is 17.0. The number of hydrogen-bond donors (Lipinski definition) is 1. The van der Waals surface area contributed by atoms with Crippen molar-refractivity contribution in [3.63, 3.8) is 0 Å². The maximum Gasteiger partial charge on any atom is 0.254 e. The molecule has 1 aromatic carbocycles. The number of carbonyl (C=O) groups is 1. The van der Waals surface area contributed by atoms with Gasteiger partial charge in [-0.3, -0.25) is 14.2 Å². The lowest BCUT2D eigenvalue weighted by molar-refractivity contribution is -0.125. The van der Waals surface area contributed by atoms with Gasteiger partial charge in [-0.25, -0.2) is 4.98 Å². The molecule has 6 heteroatoms. The molecule has 1 aliphatic heterocycles. The molecule has 25 heavy (non-hydrogen) atoms. The maximum absolute atomic E-state index is 12.5. The number of benzene rings is 1. The summed E-state index contributed by atoms with van der Waals surface area (Å²) in [6.45, 7) is 7.01. The molecule has 0 fully saturated rings. The molecule has 1 N–H and O–H groups in total. The highest BCUT2D eigenvalue weighted by Gasteiger charge is 2.28. The van der Waals surface area contributed by atoms with Gasteiger partial charge in [-0.2, -0.15) is 0 Å². The fraction of sp³-hybridized carbons (Fsp3) is 0.421. The van der Waals surface area contributed by atoms with Crippen LogP contribution < -0.4 is 10.9 Å². The fourth-order valence-electron chi connectivity index (χ4n) is 2.68. The Bertz CT molecular complexity index is 825. The van der Waals surface area contributed by atoms with Gasteiger partial charge in [0.1, 0.15) is 0 Å². The lowest BCUT2D eigenvalue weighted by Gasteiger charge is -2.26. The summed E-state index contributed by atoms with van der Waals surface area (Å²) in [5.74, 6) is 0.399. The minimum absolute atomic E-state index is 0.0196. The Hall–Kier alpha value is -2.08. The first kappa shape index (κ1) is 17.7. The second kappa shape index (κ2) is 7.04. The van der Waals surface area contributed by atoms with Crippen molar-refractivity contribution in [2.24, 2.45) is 5.92 Å². The fourth-order valence-corrected chi connectivity index (χ4v) is 3.77. The van der Waals surface area contributed by atoms with Crippen molar-refractivity contribution in [2.75, 3.05) is 5.75 Å². The summed E-state index contributed by atoms with van der Waals surface area (Å²) >= 11 is 1.48. The first-order valence-corrected chi connectivity index (χ1v) is 9.40. The predicted octanol–water partition coefficient (Wildman–Crippen LogP) is 2.58. The molecule has 1 atom stereocenters. The van der Waals surface area contributed by atoms with E-state index < -0.39 is 0 Å². The van der Waals surface area contributed by atoms with E-state index in [2.05, 4.69) is 10.3 Å². The number of thioether (sulfide) groups is 1. The van der Waals surface area contributed by atoms with Gasteiger partial charge in [0, 0.05) is 30.3 Å². The van der Waals surface area contributed by atoms with Gasteiger partial charge in [0.2, 0.25) is 5.91 Å². The highest BCUT2D eigenvalue weighted by molar-refractivity contribution is 7.99. The molecule has 0 aliphatic carbocycles. The van der Waals surface area contributed by atoms with Crippen LogP contribution in [0.5, 0.6) is 0 Å². The van der Waals surface area contributed by atoms with Crippen LogP contribution in [0.3, 0.4) is 0 Å². The van der Waals surface area contributed by atoms with Crippen molar-refractivity contribution in [1.29, 1.82) is 0 Å². The van der Waals surface area contributed by atoms with Crippen molar-refractivity contribution in [2.45, 2.75) is 44.4 Å². The summed E-state index contributed by atoms with van der Waals surface area (Å²) in [6.07, 6.45) is 0. The SMILES string of the molecule is CC(C)(C)c1cc(=O)n2c(n1)SCC(C(=O)NCc1ccccc1)C2. The predicted molar refractivity (Wildman–Crippen MR) is 99.7 cm³/mol. The number of fused-ring (bicyclic) bond motifs is 1. The summed E-state index contributed by atoms with van der Waals surface area (Å²) in [6, 6.07) is 11.4. The molecule has 132 valence electrons. The summed E-state index contributed by atoms with van der Waals surface area (Å²) in [7, 11) is 0. The Morgan fingerprint density at radius 1 is 1.32 bits per heavy atom. The second-order valence-corrected chi connectivity index (χ2v) is 8.32. The molecule has 0 bridgehead atoms. The Kier molecular flexibility index (Phi) is 4.99. The highest BCUT2D eigenvalue weighted by atomic mass is 32.2. The van der Waals surface area contributed by atoms with E-state index in [1.165, 1.54) is 11.8 Å². The Morgan fingerprint density at radius 2 is 2.04 bits per heavy atom. The number of carbonyl (C=O) groups excluding carboxylic acids is 1. The van der Waals surface area contributed by atoms with Gasteiger partial charge in [-0.05, 0) is 5.56 Å². The average molecular weight is 357 g/mol. The number of hydrogen-bond acceptors (Lipinski definition) is 4. The van der Waals surface area contributed by atoms with E-state index in [0.717, 1.165) is 11.3 Å². The summed E-state index contributed by atoms with van der Waals surface area (Å²) < 4.78 is 1.62. The van der Waals surface area contributed by atoms with Gasteiger partial charge < -0.3 is 5.32 Å². The molecule has 1 unspecified atom stereocenters. The minimum Gasteiger partial charge on any atom is -0.352 e. The minimum atomic E-state index is -0.221. The smallest absolute Gasteiger partial charge is 0.254 e. The van der Waals surface area contributed by atoms with Crippen LogP contribution in [0.25, 0.3) is 0 Å². The van der Waals surface area contributed by atoms with Crippen LogP contribution in [0.15, 0.2) is 46.3 Å². The van der Waals surface area contributed by atoms with E-state index in [9.17, 15) is 9.59 Å². The van der Waals surface area contributed by atoms with E-state index in [0.29, 0.717) is 24.0 Å². The van der Waals surface area contributed by atoms with E-state index >= 15 is 0 Å². The second-order valence-electron chi connectivity index (χ2n) is 7.33. The molecule has 1 aliphatic rings. The zero-order valence-corrected chi connectivity index (χ0v) is 15.6. The lowest BCUT2D eigenvalue weighted by Crippen LogP contribution is -2.40. The molecule has 2 aromatic rings. The van der Waals surface area contributed by atoms with Crippen LogP contribution in [-0.4, -0.2) is 21.2 Å². The van der Waals surface area contributed by atoms with Gasteiger partial charge in [-0.15, -0.1) is 0 Å². The monoisotopic (exact) mass is 357 g/mol. The number of amides is 1. The highest BCUT2D eigenvalue weighted by Crippen LogP contribution is 2.28. The van der Waals surface area contributed by atoms with Gasteiger partial charge in [0.05, 0.1) is 11.6 Å². The third-order valence-electron chi connectivity index (χ3n) is 4.24. The van der Waals surface area contributed by atoms with E-state index in [1.54, 1.807) is 10.6 Å². The van der Waals surface area contributed by atoms with E-state index in [4.69, 9.17) is 0 Å². The summed E-state index contributed by atoms with van der Waals surface area (Å²) in [5.41, 5.74) is 1.61. The van der Waals surface area contributed by atoms with E-state index in [-0.39, 0.29) is 22.8 Å². The summed E-state index contributed by atoms with van der Waals surface area (Å²) in [5, 5.41) is 3.68. The van der Waals surface area contributed by atoms with Crippen molar-refractivity contribution >= 4 is 17.7 Å². The van der Waals surface area contributed by atoms with Crippen LogP contribution >= 0.6 is 11.8 Å². The Morgan fingerprint density at radius 3 is 2.72 bits per heavy atom. The van der Waals surface area contributed by atoms with Crippen molar-refractivity contribution in [3.8, 4) is 0 Å². The molecule has 0 saturated heterocycles. The zero-order valence-electron chi connectivity index (χ0n) is 14.8. The molecule has 5 nitrogen and oxygen atoms in total. The number of nitrogens with zero attached hydrogens (tertiary/aromatic N) is 2. The standard InChI is InChI=1S/C19H23N3O2S/c1-19(2,3)15-9-16(23)22-11-14(12-25-18(22)21-15)17(24)20-10-13-7-5-4-6-8-13/h4-9,14H,10-12H2,1-3H3,(H,20,24). The molecule has 2 heterocycles. The van der Waals surface area contributed by atoms with Crippen LogP contribution in [0.2, 0.25) is 0 Å². The first-order chi connectivity index (χ1) is 11.8. The molecular weight excluding hydrogens is 334 g/mol. The Labute approximate surface area is 151 Å². The van der Waals surface area contributed by atoms with Gasteiger partial charge in [0.15, 0.2) is 5.16 Å². The molecular formula is C19H23N3O2S. The molecule has 0 spiro atoms. The number of nitrogens with one attached hydrogen (secondary N) is 1. The lowest BCUT2D eigenvalue weighted by atomic mass is 9.92. The average Bonchev–Trinajstić information content (AvgIpc) is 2.59. The largest absolute Gasteiger partial charge is 0.352 e. The van der Waals surface area contributed by atoms with E-state index in [1.807, 2.05) is 51.1 Å². The summed E-state index contributed by atoms with van der Waals surface area (Å²) in [4.78, 5) is 29.5. The van der Waals surface area contributed by atoms with Gasteiger partial charge >= 0.3 is 0 Å². The maximum atomic E-state index is 12.5. The molecule has 1 aromatic heterocycles. The Balaban J connectivity index is 1.71. The third-order valence-corrected chi connectivity index (χ3v) is 5.38. The van der Waals surface area contributed by atoms with Crippen LogP contribution in [0.1, 0.15) is 32.0 Å². The van der Waals surface area contributed by atoms with Crippen LogP contribution in [0.4, 0.5) is 0 Å². The third kappa shape index (κ3) is 4.12. The van der Waals surface area contributed by atoms with Crippen LogP contribution in [0, 0.1) is 5.92 Å². The number of rotatable bonds is 3. The molecule has 0 saturated carbocycles. The van der Waals surface area contributed by atoms with Crippen LogP contribution in [-0.2, 0) is 23.3 Å². The topological polar surface area (TPSA) is 64.0 Å². The van der Waals surface area contributed by atoms with Crippen molar-refractivity contribution in [1.82, 2.24) is 14.9 Å². The van der Waals surface area contributed by atoms with Crippen molar-refractivity contribution < 1.29 is 4.79 Å². The zero-order chi connectivity index (χ0) is 18.0. The molecule has 3 rings (SSSR count).